The fraction of sp³-hybridized carbons (Fsp3) is 0. The molecule has 12 heteroatoms. The van der Waals surface area contributed by atoms with Gasteiger partial charge in [-0.1, -0.05) is 12.1 Å². The van der Waals surface area contributed by atoms with Crippen molar-refractivity contribution in [3.63, 3.8) is 0 Å². The van der Waals surface area contributed by atoms with E-state index in [1.54, 1.807) is 12.1 Å². The Labute approximate surface area is 167 Å². The molecule has 0 aliphatic carbocycles. The first-order valence-corrected chi connectivity index (χ1v) is 7.98. The summed E-state index contributed by atoms with van der Waals surface area (Å²) in [5.41, 5.74) is -1.22. The summed E-state index contributed by atoms with van der Waals surface area (Å²) in [5.74, 6) is -0.734. The Morgan fingerprint density at radius 1 is 0.767 bits per heavy atom. The number of aromatic nitrogens is 2. The summed E-state index contributed by atoms with van der Waals surface area (Å²) in [4.78, 5) is 28.4. The van der Waals surface area contributed by atoms with Crippen molar-refractivity contribution >= 4 is 11.4 Å². The lowest BCUT2D eigenvalue weighted by molar-refractivity contribution is -0.385. The van der Waals surface area contributed by atoms with E-state index in [2.05, 4.69) is 9.97 Å². The van der Waals surface area contributed by atoms with Crippen molar-refractivity contribution in [2.45, 2.75) is 0 Å². The van der Waals surface area contributed by atoms with Crippen LogP contribution in [0.1, 0.15) is 11.4 Å². The van der Waals surface area contributed by atoms with Gasteiger partial charge in [0.15, 0.2) is 11.4 Å². The van der Waals surface area contributed by atoms with Crippen molar-refractivity contribution in [3.05, 3.63) is 80.1 Å². The van der Waals surface area contributed by atoms with Crippen LogP contribution in [-0.2, 0) is 0 Å². The number of nitrogens with zero attached hydrogens (tertiary/aromatic N) is 6. The molecular weight excluding hydrogens is 396 g/mol. The molecule has 0 aliphatic heterocycles. The molecule has 146 valence electrons. The van der Waals surface area contributed by atoms with Gasteiger partial charge in [-0.3, -0.25) is 20.2 Å². The maximum atomic E-state index is 10.9. The highest BCUT2D eigenvalue weighted by Gasteiger charge is 2.19. The molecule has 1 heterocycles. The second-order valence-corrected chi connectivity index (χ2v) is 5.47. The van der Waals surface area contributed by atoms with E-state index in [4.69, 9.17) is 9.47 Å². The highest BCUT2D eigenvalue weighted by atomic mass is 16.6. The van der Waals surface area contributed by atoms with E-state index in [1.165, 1.54) is 36.4 Å². The van der Waals surface area contributed by atoms with Crippen molar-refractivity contribution < 1.29 is 19.3 Å². The van der Waals surface area contributed by atoms with Crippen LogP contribution in [0.4, 0.5) is 11.4 Å². The van der Waals surface area contributed by atoms with Gasteiger partial charge in [0.1, 0.15) is 23.6 Å². The average molecular weight is 404 g/mol. The van der Waals surface area contributed by atoms with Gasteiger partial charge >= 0.3 is 0 Å². The summed E-state index contributed by atoms with van der Waals surface area (Å²) in [6.07, 6.45) is 0. The van der Waals surface area contributed by atoms with Gasteiger partial charge in [0.05, 0.1) is 22.0 Å². The lowest BCUT2D eigenvalue weighted by atomic mass is 10.3. The first-order chi connectivity index (χ1) is 14.4. The van der Waals surface area contributed by atoms with Gasteiger partial charge in [-0.2, -0.15) is 20.5 Å². The number of nitro groups is 2. The predicted molar refractivity (Wildman–Crippen MR) is 97.8 cm³/mol. The SMILES string of the molecule is N#Cc1nc(Oc2cccc([N+](=O)[O-])c2)c(Oc2cccc([N+](=O)[O-])c2)nc1C#N. The zero-order chi connectivity index (χ0) is 21.7. The molecule has 0 bridgehead atoms. The van der Waals surface area contributed by atoms with Crippen LogP contribution in [0.25, 0.3) is 0 Å². The van der Waals surface area contributed by atoms with Crippen LogP contribution in [0.15, 0.2) is 48.5 Å². The van der Waals surface area contributed by atoms with E-state index in [9.17, 15) is 30.8 Å². The van der Waals surface area contributed by atoms with Gasteiger partial charge in [-0.05, 0) is 12.1 Å². The molecule has 30 heavy (non-hydrogen) atoms. The molecule has 0 spiro atoms. The minimum absolute atomic E-state index is 0.00371. The molecule has 12 nitrogen and oxygen atoms in total. The van der Waals surface area contributed by atoms with Crippen LogP contribution in [0.5, 0.6) is 23.3 Å². The minimum atomic E-state index is -0.626. The summed E-state index contributed by atoms with van der Waals surface area (Å²) in [5, 5.41) is 40.2. The molecule has 0 radical (unpaired) electrons. The van der Waals surface area contributed by atoms with Crippen molar-refractivity contribution in [1.82, 2.24) is 9.97 Å². The van der Waals surface area contributed by atoms with Gasteiger partial charge in [0.2, 0.25) is 0 Å². The number of nitriles is 2. The summed E-state index contributed by atoms with van der Waals surface area (Å²) >= 11 is 0. The van der Waals surface area contributed by atoms with E-state index in [1.807, 2.05) is 0 Å². The van der Waals surface area contributed by atoms with Crippen molar-refractivity contribution in [2.75, 3.05) is 0 Å². The Balaban J connectivity index is 2.05. The fourth-order valence-corrected chi connectivity index (χ4v) is 2.24. The van der Waals surface area contributed by atoms with Crippen LogP contribution in [0.3, 0.4) is 0 Å². The fourth-order valence-electron chi connectivity index (χ4n) is 2.24. The summed E-state index contributed by atoms with van der Waals surface area (Å²) in [6, 6.07) is 13.6. The number of ether oxygens (including phenoxy) is 2. The van der Waals surface area contributed by atoms with Gasteiger partial charge in [0.25, 0.3) is 23.1 Å². The smallest absolute Gasteiger partial charge is 0.285 e. The third-order valence-corrected chi connectivity index (χ3v) is 3.53. The van der Waals surface area contributed by atoms with E-state index >= 15 is 0 Å². The summed E-state index contributed by atoms with van der Waals surface area (Å²) in [7, 11) is 0. The van der Waals surface area contributed by atoms with Crippen LogP contribution in [0.2, 0.25) is 0 Å². The van der Waals surface area contributed by atoms with Crippen molar-refractivity contribution in [1.29, 1.82) is 10.5 Å². The lowest BCUT2D eigenvalue weighted by Gasteiger charge is -2.11. The van der Waals surface area contributed by atoms with Gasteiger partial charge in [0, 0.05) is 12.1 Å². The van der Waals surface area contributed by atoms with E-state index < -0.39 is 9.85 Å². The topological polar surface area (TPSA) is 178 Å². The molecule has 0 N–H and O–H groups in total. The molecule has 0 saturated carbocycles. The number of nitro benzene ring substituents is 2. The van der Waals surface area contributed by atoms with Crippen molar-refractivity contribution in [2.24, 2.45) is 0 Å². The monoisotopic (exact) mass is 404 g/mol. The Hall–Kier alpha value is -5.10. The molecule has 3 rings (SSSR count). The Morgan fingerprint density at radius 3 is 1.50 bits per heavy atom. The molecule has 0 atom stereocenters. The largest absolute Gasteiger partial charge is 0.434 e. The number of rotatable bonds is 6. The third kappa shape index (κ3) is 4.24. The zero-order valence-corrected chi connectivity index (χ0v) is 14.8. The molecule has 0 saturated heterocycles. The standard InChI is InChI=1S/C18H8N6O6/c19-9-15-16(10-20)22-18(30-14-6-2-4-12(8-14)24(27)28)17(21-15)29-13-5-1-3-11(7-13)23(25)26/h1-8H. The molecule has 0 fully saturated rings. The van der Waals surface area contributed by atoms with Gasteiger partial charge in [-0.15, -0.1) is 0 Å². The van der Waals surface area contributed by atoms with E-state index in [0.717, 1.165) is 12.1 Å². The summed E-state index contributed by atoms with van der Waals surface area (Å²) < 4.78 is 11.0. The Morgan fingerprint density at radius 2 is 1.17 bits per heavy atom. The summed E-state index contributed by atoms with van der Waals surface area (Å²) in [6.45, 7) is 0. The first-order valence-electron chi connectivity index (χ1n) is 7.98. The molecule has 1 aromatic heterocycles. The highest BCUT2D eigenvalue weighted by Crippen LogP contribution is 2.34. The number of hydrogen-bond donors (Lipinski definition) is 0. The minimum Gasteiger partial charge on any atom is -0.434 e. The number of hydrogen-bond acceptors (Lipinski definition) is 10. The number of benzene rings is 2. The van der Waals surface area contributed by atoms with E-state index in [-0.39, 0.29) is 46.0 Å². The second-order valence-electron chi connectivity index (χ2n) is 5.47. The van der Waals surface area contributed by atoms with Crippen LogP contribution >= 0.6 is 0 Å². The molecule has 0 amide bonds. The highest BCUT2D eigenvalue weighted by molar-refractivity contribution is 5.47. The number of non-ortho nitro benzene ring substituents is 2. The van der Waals surface area contributed by atoms with Gasteiger partial charge < -0.3 is 9.47 Å². The molecular formula is C18H8N6O6. The maximum Gasteiger partial charge on any atom is 0.285 e. The van der Waals surface area contributed by atoms with Crippen LogP contribution < -0.4 is 9.47 Å². The lowest BCUT2D eigenvalue weighted by Crippen LogP contribution is -2.02. The zero-order valence-electron chi connectivity index (χ0n) is 14.8. The van der Waals surface area contributed by atoms with Crippen molar-refractivity contribution in [3.8, 4) is 35.4 Å². The maximum absolute atomic E-state index is 10.9. The normalized spacial score (nSPS) is 9.80. The average Bonchev–Trinajstić information content (AvgIpc) is 2.74. The molecule has 2 aromatic carbocycles. The van der Waals surface area contributed by atoms with Crippen LogP contribution in [-0.4, -0.2) is 19.8 Å². The molecule has 3 aromatic rings. The Bertz CT molecular complexity index is 1150. The Kier molecular flexibility index (Phi) is 5.43. The quantitative estimate of drug-likeness (QED) is 0.435. The van der Waals surface area contributed by atoms with Crippen LogP contribution in [0, 0.1) is 42.9 Å². The third-order valence-electron chi connectivity index (χ3n) is 3.53. The molecule has 0 unspecified atom stereocenters. The predicted octanol–water partition coefficient (Wildman–Crippen LogP) is 3.62. The molecule has 0 aliphatic rings. The van der Waals surface area contributed by atoms with E-state index in [0.29, 0.717) is 0 Å². The first kappa shape index (κ1) is 19.7. The van der Waals surface area contributed by atoms with Gasteiger partial charge in [-0.25, -0.2) is 0 Å². The second kappa shape index (κ2) is 8.28.